The van der Waals surface area contributed by atoms with Gasteiger partial charge in [0, 0.05) is 7.11 Å². The van der Waals surface area contributed by atoms with Crippen LogP contribution in [0.25, 0.3) is 0 Å². The average Bonchev–Trinajstić information content (AvgIpc) is 2.28. The van der Waals surface area contributed by atoms with Crippen molar-refractivity contribution in [1.29, 1.82) is 0 Å². The molecule has 1 aliphatic rings. The van der Waals surface area contributed by atoms with Gasteiger partial charge in [-0.25, -0.2) is 0 Å². The van der Waals surface area contributed by atoms with Gasteiger partial charge in [-0.15, -0.1) is 0 Å². The second-order valence-corrected chi connectivity index (χ2v) is 3.50. The van der Waals surface area contributed by atoms with Crippen molar-refractivity contribution in [2.24, 2.45) is 0 Å². The number of methoxy groups -OCH3 is 1. The van der Waals surface area contributed by atoms with Gasteiger partial charge in [-0.2, -0.15) is 0 Å². The maximum Gasteiger partial charge on any atom is 0.184 e. The zero-order valence-electron chi connectivity index (χ0n) is 9.02. The van der Waals surface area contributed by atoms with E-state index in [1.807, 2.05) is 0 Å². The summed E-state index contributed by atoms with van der Waals surface area (Å²) in [6.07, 6.45) is -5.07. The molecule has 7 heteroatoms. The summed E-state index contributed by atoms with van der Waals surface area (Å²) in [5.41, 5.74) is 0. The van der Waals surface area contributed by atoms with Crippen molar-refractivity contribution in [2.75, 3.05) is 26.9 Å². The first-order valence-electron chi connectivity index (χ1n) is 5.03. The van der Waals surface area contributed by atoms with E-state index in [9.17, 15) is 10.2 Å². The van der Waals surface area contributed by atoms with Crippen LogP contribution in [0, 0.1) is 0 Å². The van der Waals surface area contributed by atoms with Crippen molar-refractivity contribution in [1.82, 2.24) is 0 Å². The highest BCUT2D eigenvalue weighted by Crippen LogP contribution is 2.23. The van der Waals surface area contributed by atoms with E-state index in [1.54, 1.807) is 0 Å². The molecule has 0 radical (unpaired) electrons. The van der Waals surface area contributed by atoms with Crippen LogP contribution in [0.4, 0.5) is 0 Å². The molecule has 1 saturated heterocycles. The lowest BCUT2D eigenvalue weighted by atomic mass is 9.99. The van der Waals surface area contributed by atoms with Crippen LogP contribution in [0.5, 0.6) is 0 Å². The standard InChI is InChI=1S/C9H18O7/c1-14-7-5(4-11)16-9(13)8(6(7)12)15-3-2-10/h5-13H,2-4H2,1H3. The first-order valence-corrected chi connectivity index (χ1v) is 5.03. The van der Waals surface area contributed by atoms with Crippen molar-refractivity contribution >= 4 is 0 Å². The zero-order valence-corrected chi connectivity index (χ0v) is 9.02. The van der Waals surface area contributed by atoms with Crippen LogP contribution >= 0.6 is 0 Å². The highest BCUT2D eigenvalue weighted by atomic mass is 16.7. The van der Waals surface area contributed by atoms with Gasteiger partial charge in [0.25, 0.3) is 0 Å². The van der Waals surface area contributed by atoms with E-state index in [-0.39, 0.29) is 19.8 Å². The van der Waals surface area contributed by atoms with E-state index < -0.39 is 30.7 Å². The Bertz CT molecular complexity index is 200. The summed E-state index contributed by atoms with van der Waals surface area (Å²) in [5, 5.41) is 36.9. The largest absolute Gasteiger partial charge is 0.394 e. The Kier molecular flexibility index (Phi) is 5.56. The lowest BCUT2D eigenvalue weighted by molar-refractivity contribution is -0.300. The van der Waals surface area contributed by atoms with Crippen molar-refractivity contribution in [2.45, 2.75) is 30.7 Å². The van der Waals surface area contributed by atoms with Crippen molar-refractivity contribution in [3.8, 4) is 0 Å². The van der Waals surface area contributed by atoms with E-state index >= 15 is 0 Å². The van der Waals surface area contributed by atoms with Gasteiger partial charge < -0.3 is 34.6 Å². The Morgan fingerprint density at radius 2 is 1.88 bits per heavy atom. The Labute approximate surface area is 93.2 Å². The summed E-state index contributed by atoms with van der Waals surface area (Å²) >= 11 is 0. The minimum Gasteiger partial charge on any atom is -0.394 e. The van der Waals surface area contributed by atoms with E-state index in [4.69, 9.17) is 24.4 Å². The number of hydrogen-bond acceptors (Lipinski definition) is 7. The minimum absolute atomic E-state index is 0.0254. The van der Waals surface area contributed by atoms with Gasteiger partial charge in [0.15, 0.2) is 6.29 Å². The molecule has 0 aromatic heterocycles. The van der Waals surface area contributed by atoms with Gasteiger partial charge in [0.2, 0.25) is 0 Å². The maximum absolute atomic E-state index is 9.84. The first-order chi connectivity index (χ1) is 7.65. The van der Waals surface area contributed by atoms with Gasteiger partial charge in [-0.05, 0) is 0 Å². The van der Waals surface area contributed by atoms with E-state index in [0.717, 1.165) is 0 Å². The number of rotatable bonds is 5. The lowest BCUT2D eigenvalue weighted by Crippen LogP contribution is -2.60. The molecule has 1 rings (SSSR count). The Balaban J connectivity index is 2.65. The molecule has 4 N–H and O–H groups in total. The van der Waals surface area contributed by atoms with Gasteiger partial charge >= 0.3 is 0 Å². The van der Waals surface area contributed by atoms with E-state index in [1.165, 1.54) is 7.11 Å². The number of ether oxygens (including phenoxy) is 3. The molecular weight excluding hydrogens is 220 g/mol. The Morgan fingerprint density at radius 3 is 2.38 bits per heavy atom. The van der Waals surface area contributed by atoms with Gasteiger partial charge in [-0.3, -0.25) is 0 Å². The molecule has 0 bridgehead atoms. The molecule has 0 aromatic rings. The fourth-order valence-electron chi connectivity index (χ4n) is 1.72. The molecule has 0 saturated carbocycles. The molecule has 0 aliphatic carbocycles. The first kappa shape index (κ1) is 13.8. The van der Waals surface area contributed by atoms with Crippen molar-refractivity contribution in [3.63, 3.8) is 0 Å². The Morgan fingerprint density at radius 1 is 1.19 bits per heavy atom. The third kappa shape index (κ3) is 2.89. The molecular formula is C9H18O7. The van der Waals surface area contributed by atoms with Crippen LogP contribution < -0.4 is 0 Å². The third-order valence-corrected chi connectivity index (χ3v) is 2.49. The molecule has 0 aromatic carbocycles. The SMILES string of the molecule is COC1C(CO)OC(O)C(OCCO)C1O. The molecule has 16 heavy (non-hydrogen) atoms. The monoisotopic (exact) mass is 238 g/mol. The highest BCUT2D eigenvalue weighted by molar-refractivity contribution is 4.90. The fraction of sp³-hybridized carbons (Fsp3) is 1.00. The quantitative estimate of drug-likeness (QED) is 0.417. The van der Waals surface area contributed by atoms with Crippen molar-refractivity contribution in [3.05, 3.63) is 0 Å². The van der Waals surface area contributed by atoms with Crippen molar-refractivity contribution < 1.29 is 34.6 Å². The van der Waals surface area contributed by atoms with Crippen LogP contribution in [0.2, 0.25) is 0 Å². The molecule has 5 unspecified atom stereocenters. The van der Waals surface area contributed by atoms with Gasteiger partial charge in [0.1, 0.15) is 24.4 Å². The summed E-state index contributed by atoms with van der Waals surface area (Å²) < 4.78 is 15.1. The van der Waals surface area contributed by atoms with Crippen LogP contribution in [-0.2, 0) is 14.2 Å². The third-order valence-electron chi connectivity index (χ3n) is 2.49. The summed E-state index contributed by atoms with van der Waals surface area (Å²) in [5.74, 6) is 0. The topological polar surface area (TPSA) is 109 Å². The zero-order chi connectivity index (χ0) is 12.1. The molecule has 96 valence electrons. The number of aliphatic hydroxyl groups excluding tert-OH is 4. The average molecular weight is 238 g/mol. The molecule has 0 amide bonds. The lowest BCUT2D eigenvalue weighted by Gasteiger charge is -2.41. The minimum atomic E-state index is -1.36. The highest BCUT2D eigenvalue weighted by Gasteiger charge is 2.45. The Hall–Kier alpha value is -0.280. The summed E-state index contributed by atoms with van der Waals surface area (Å²) in [6, 6.07) is 0. The predicted molar refractivity (Wildman–Crippen MR) is 51.6 cm³/mol. The van der Waals surface area contributed by atoms with Crippen LogP contribution in [0.1, 0.15) is 0 Å². The second-order valence-electron chi connectivity index (χ2n) is 3.50. The van der Waals surface area contributed by atoms with Crippen LogP contribution in [0.3, 0.4) is 0 Å². The molecule has 0 spiro atoms. The van der Waals surface area contributed by atoms with Crippen LogP contribution in [0.15, 0.2) is 0 Å². The smallest absolute Gasteiger partial charge is 0.184 e. The molecule has 1 aliphatic heterocycles. The summed E-state index contributed by atoms with van der Waals surface area (Å²) in [4.78, 5) is 0. The van der Waals surface area contributed by atoms with Crippen LogP contribution in [-0.4, -0.2) is 78.1 Å². The van der Waals surface area contributed by atoms with Gasteiger partial charge in [-0.1, -0.05) is 0 Å². The molecule has 7 nitrogen and oxygen atoms in total. The number of aliphatic hydroxyl groups is 4. The number of hydrogen-bond donors (Lipinski definition) is 4. The summed E-state index contributed by atoms with van der Waals surface area (Å²) in [6.45, 7) is -0.626. The van der Waals surface area contributed by atoms with E-state index in [2.05, 4.69) is 0 Å². The maximum atomic E-state index is 9.84. The predicted octanol–water partition coefficient (Wildman–Crippen LogP) is -2.55. The van der Waals surface area contributed by atoms with E-state index in [0.29, 0.717) is 0 Å². The van der Waals surface area contributed by atoms with Gasteiger partial charge in [0.05, 0.1) is 19.8 Å². The molecule has 5 atom stereocenters. The second kappa shape index (κ2) is 6.45. The summed E-state index contributed by atoms with van der Waals surface area (Å²) in [7, 11) is 1.36. The molecule has 1 heterocycles. The fourth-order valence-corrected chi connectivity index (χ4v) is 1.72. The normalized spacial score (nSPS) is 39.9. The molecule has 1 fully saturated rings.